The Morgan fingerprint density at radius 2 is 0.633 bits per heavy atom. The van der Waals surface area contributed by atoms with Gasteiger partial charge in [0.2, 0.25) is 5.91 Å². The van der Waals surface area contributed by atoms with Gasteiger partial charge in [-0.25, -0.2) is 0 Å². The van der Waals surface area contributed by atoms with Crippen molar-refractivity contribution in [3.05, 3.63) is 0 Å². The summed E-state index contributed by atoms with van der Waals surface area (Å²) in [7, 11) is 0. The Hall–Kier alpha value is -1.21. The van der Waals surface area contributed by atoms with Crippen LogP contribution in [0.15, 0.2) is 0 Å². The second-order valence-electron chi connectivity index (χ2n) is 27.1. The van der Waals surface area contributed by atoms with Gasteiger partial charge in [-0.15, -0.1) is 0 Å². The normalized spacial score (nSPS) is 27.9. The molecule has 3 rings (SSSR count). The lowest BCUT2D eigenvalue weighted by Gasteiger charge is -2.48. The van der Waals surface area contributed by atoms with E-state index < -0.39 is 124 Å². The summed E-state index contributed by atoms with van der Waals surface area (Å²) in [6.07, 6.45) is 32.9. The Labute approximate surface area is 544 Å². The van der Waals surface area contributed by atoms with Crippen LogP contribution >= 0.6 is 0 Å². The minimum absolute atomic E-state index is 0.240. The maximum absolute atomic E-state index is 13.3. The highest BCUT2D eigenvalue weighted by Crippen LogP contribution is 2.33. The number of unbranched alkanes of at least 4 members (excludes halogenated alkanes) is 43. The van der Waals surface area contributed by atoms with Gasteiger partial charge < -0.3 is 89.9 Å². The molecule has 3 aliphatic heterocycles. The molecule has 0 radical (unpaired) electrons. The van der Waals surface area contributed by atoms with E-state index in [1.807, 2.05) is 0 Å². The minimum Gasteiger partial charge on any atom is -0.394 e. The molecule has 3 saturated heterocycles. The van der Waals surface area contributed by atoms with Crippen molar-refractivity contribution in [1.29, 1.82) is 0 Å². The molecule has 0 spiro atoms. The maximum atomic E-state index is 13.3. The van der Waals surface area contributed by atoms with Crippen LogP contribution in [0.3, 0.4) is 0 Å². The molecule has 3 heterocycles. The number of aliphatic hydroxyl groups is 11. The van der Waals surface area contributed by atoms with E-state index in [2.05, 4.69) is 19.2 Å². The largest absolute Gasteiger partial charge is 0.394 e. The molecule has 0 aromatic carbocycles. The highest BCUT2D eigenvalue weighted by molar-refractivity contribution is 5.76. The third-order valence-electron chi connectivity index (χ3n) is 19.2. The number of nitrogens with one attached hydrogen (secondary N) is 1. The predicted molar refractivity (Wildman–Crippen MR) is 351 cm³/mol. The number of ether oxygens (including phenoxy) is 6. The van der Waals surface area contributed by atoms with Gasteiger partial charge in [0.1, 0.15) is 73.2 Å². The topological polar surface area (TPSA) is 307 Å². The van der Waals surface area contributed by atoms with Crippen molar-refractivity contribution in [3.8, 4) is 0 Å². The number of amides is 1. The smallest absolute Gasteiger partial charge is 0.220 e. The summed E-state index contributed by atoms with van der Waals surface area (Å²) < 4.78 is 34.3. The number of carbonyl (C=O) groups excluding carboxylic acids is 1. The first-order valence-corrected chi connectivity index (χ1v) is 37.3. The zero-order chi connectivity index (χ0) is 65.4. The first kappa shape index (κ1) is 83.0. The van der Waals surface area contributed by atoms with Crippen molar-refractivity contribution < 1.29 is 89.4 Å². The number of aliphatic hydroxyl groups excluding tert-OH is 11. The van der Waals surface area contributed by atoms with Gasteiger partial charge in [0, 0.05) is 6.42 Å². The van der Waals surface area contributed by atoms with Gasteiger partial charge in [0.05, 0.1) is 38.6 Å². The Balaban J connectivity index is 1.23. The highest BCUT2D eigenvalue weighted by Gasteiger charge is 2.53. The third-order valence-corrected chi connectivity index (χ3v) is 19.2. The van der Waals surface area contributed by atoms with E-state index in [0.29, 0.717) is 12.8 Å². The lowest BCUT2D eigenvalue weighted by atomic mass is 9.96. The fraction of sp³-hybridized carbons (Fsp3) is 0.986. The standard InChI is InChI=1S/C71H137NO18/c1-3-5-7-9-11-12-13-14-15-16-17-18-19-20-21-22-23-24-25-26-27-28-29-30-31-32-33-34-35-36-37-38-39-40-41-43-45-47-49-59(77)72-54(55(76)48-46-44-42-10-8-6-4-2)53-85-69-65(83)62(80)67(57(51-74)87-69)90-71-66(84)63(81)68(58(52-75)88-71)89-70-64(82)61(79)60(78)56(50-73)86-70/h54-58,60-71,73-76,78-84H,3-53H2,1-2H3,(H,72,77). The monoisotopic (exact) mass is 1290 g/mol. The van der Waals surface area contributed by atoms with E-state index >= 15 is 0 Å². The third kappa shape index (κ3) is 35.2. The summed E-state index contributed by atoms with van der Waals surface area (Å²) >= 11 is 0. The molecule has 0 aromatic rings. The molecule has 19 heteroatoms. The predicted octanol–water partition coefficient (Wildman–Crippen LogP) is 10.7. The lowest BCUT2D eigenvalue weighted by Crippen LogP contribution is -2.66. The molecule has 0 bridgehead atoms. The van der Waals surface area contributed by atoms with E-state index in [-0.39, 0.29) is 18.9 Å². The summed E-state index contributed by atoms with van der Waals surface area (Å²) in [6.45, 7) is 1.77. The number of hydrogen-bond donors (Lipinski definition) is 12. The molecule has 17 unspecified atom stereocenters. The molecule has 3 aliphatic rings. The molecule has 12 N–H and O–H groups in total. The second kappa shape index (κ2) is 53.9. The molecule has 90 heavy (non-hydrogen) atoms. The van der Waals surface area contributed by atoms with E-state index in [1.165, 1.54) is 225 Å². The van der Waals surface area contributed by atoms with Crippen LogP contribution < -0.4 is 5.32 Å². The molecule has 17 atom stereocenters. The van der Waals surface area contributed by atoms with Gasteiger partial charge in [-0.3, -0.25) is 4.79 Å². The maximum Gasteiger partial charge on any atom is 0.220 e. The van der Waals surface area contributed by atoms with Crippen LogP contribution in [0.25, 0.3) is 0 Å². The van der Waals surface area contributed by atoms with Crippen molar-refractivity contribution in [3.63, 3.8) is 0 Å². The Morgan fingerprint density at radius 1 is 0.356 bits per heavy atom. The van der Waals surface area contributed by atoms with Gasteiger partial charge in [-0.1, -0.05) is 296 Å². The molecule has 3 fully saturated rings. The number of rotatable bonds is 59. The summed E-state index contributed by atoms with van der Waals surface area (Å²) in [5.41, 5.74) is 0. The van der Waals surface area contributed by atoms with Crippen LogP contribution in [0.2, 0.25) is 0 Å². The van der Waals surface area contributed by atoms with Crippen LogP contribution in [0.5, 0.6) is 0 Å². The average molecular weight is 1290 g/mol. The molecular formula is C71H137NO18. The first-order valence-electron chi connectivity index (χ1n) is 37.3. The number of carbonyl (C=O) groups is 1. The Kier molecular flexibility index (Phi) is 49.7. The van der Waals surface area contributed by atoms with Crippen molar-refractivity contribution in [1.82, 2.24) is 5.32 Å². The molecule has 1 amide bonds. The summed E-state index contributed by atoms with van der Waals surface area (Å²) in [4.78, 5) is 13.3. The minimum atomic E-state index is -1.97. The van der Waals surface area contributed by atoms with Crippen molar-refractivity contribution in [2.45, 2.75) is 420 Å². The molecule has 0 saturated carbocycles. The summed E-state index contributed by atoms with van der Waals surface area (Å²) in [5.74, 6) is -0.240. The van der Waals surface area contributed by atoms with Crippen LogP contribution in [0.4, 0.5) is 0 Å². The zero-order valence-electron chi connectivity index (χ0n) is 56.7. The van der Waals surface area contributed by atoms with Crippen LogP contribution in [0, 0.1) is 0 Å². The number of hydrogen-bond acceptors (Lipinski definition) is 18. The van der Waals surface area contributed by atoms with Crippen molar-refractivity contribution in [2.24, 2.45) is 0 Å². The second-order valence-corrected chi connectivity index (χ2v) is 27.1. The lowest BCUT2D eigenvalue weighted by molar-refractivity contribution is -0.379. The molecule has 534 valence electrons. The SMILES string of the molecule is CCCCCCCCCCCCCCCCCCCCCCCCCCCCCCCCCCCCCCCCC(=O)NC(COC1OC(CO)C(OC2OC(CO)C(OC3OC(CO)C(O)C(O)C3O)C(O)C2O)C(O)C1O)C(O)CCCCCCCCC. The Bertz CT molecular complexity index is 1640. The van der Waals surface area contributed by atoms with Gasteiger partial charge >= 0.3 is 0 Å². The quantitative estimate of drug-likeness (QED) is 0.0252. The van der Waals surface area contributed by atoms with Crippen LogP contribution in [-0.4, -0.2) is 193 Å². The summed E-state index contributed by atoms with van der Waals surface area (Å²) in [5, 5.41) is 120. The van der Waals surface area contributed by atoms with E-state index in [1.54, 1.807) is 0 Å². The van der Waals surface area contributed by atoms with Gasteiger partial charge in [0.25, 0.3) is 0 Å². The van der Waals surface area contributed by atoms with E-state index in [9.17, 15) is 61.0 Å². The summed E-state index contributed by atoms with van der Waals surface area (Å²) in [6, 6.07) is -0.879. The first-order chi connectivity index (χ1) is 43.8. The van der Waals surface area contributed by atoms with Crippen LogP contribution in [-0.2, 0) is 33.2 Å². The van der Waals surface area contributed by atoms with Gasteiger partial charge in [-0.05, 0) is 12.8 Å². The van der Waals surface area contributed by atoms with Crippen LogP contribution in [0.1, 0.15) is 316 Å². The van der Waals surface area contributed by atoms with E-state index in [0.717, 1.165) is 57.8 Å². The zero-order valence-corrected chi connectivity index (χ0v) is 56.7. The molecule has 19 nitrogen and oxygen atoms in total. The molecular weight excluding hydrogens is 1150 g/mol. The van der Waals surface area contributed by atoms with E-state index in [4.69, 9.17) is 28.4 Å². The van der Waals surface area contributed by atoms with Crippen molar-refractivity contribution in [2.75, 3.05) is 26.4 Å². The molecule has 0 aromatic heterocycles. The fourth-order valence-corrected chi connectivity index (χ4v) is 13.1. The Morgan fingerprint density at radius 3 is 0.967 bits per heavy atom. The average Bonchev–Trinajstić information content (AvgIpc) is 0.847. The highest BCUT2D eigenvalue weighted by atomic mass is 16.8. The molecule has 0 aliphatic carbocycles. The van der Waals surface area contributed by atoms with Crippen molar-refractivity contribution >= 4 is 5.91 Å². The van der Waals surface area contributed by atoms with Gasteiger partial charge in [0.15, 0.2) is 18.9 Å². The van der Waals surface area contributed by atoms with Gasteiger partial charge in [-0.2, -0.15) is 0 Å². The fourth-order valence-electron chi connectivity index (χ4n) is 13.1.